The number of nitrogens with zero attached hydrogens (tertiary/aromatic N) is 3. The number of rotatable bonds is 9. The maximum absolute atomic E-state index is 14.0. The van der Waals surface area contributed by atoms with Crippen molar-refractivity contribution in [2.75, 3.05) is 26.0 Å². The van der Waals surface area contributed by atoms with Crippen LogP contribution < -0.4 is 15.2 Å². The molecule has 2 N–H and O–H groups in total. The molecule has 0 spiro atoms. The van der Waals surface area contributed by atoms with Crippen LogP contribution in [0.2, 0.25) is 18.1 Å². The van der Waals surface area contributed by atoms with E-state index >= 15 is 0 Å². The minimum absolute atomic E-state index is 0.0453. The van der Waals surface area contributed by atoms with Gasteiger partial charge in [0.15, 0.2) is 19.8 Å². The van der Waals surface area contributed by atoms with Crippen molar-refractivity contribution < 1.29 is 18.7 Å². The van der Waals surface area contributed by atoms with Crippen molar-refractivity contribution in [1.29, 1.82) is 0 Å². The molecule has 3 aromatic rings. The topological polar surface area (TPSA) is 99.8 Å². The number of amides is 1. The number of carbonyl (C=O) groups is 1. The van der Waals surface area contributed by atoms with Crippen molar-refractivity contribution in [2.24, 2.45) is 0 Å². The Morgan fingerprint density at radius 2 is 1.80 bits per heavy atom. The van der Waals surface area contributed by atoms with E-state index in [1.165, 1.54) is 6.33 Å². The van der Waals surface area contributed by atoms with Gasteiger partial charge in [0.2, 0.25) is 0 Å². The largest absolute Gasteiger partial charge is 0.493 e. The predicted octanol–water partition coefficient (Wildman–Crippen LogP) is 5.97. The van der Waals surface area contributed by atoms with Crippen LogP contribution in [0.25, 0.3) is 5.57 Å². The predicted molar refractivity (Wildman–Crippen MR) is 161 cm³/mol. The Morgan fingerprint density at radius 1 is 1.10 bits per heavy atom. The SMILES string of the molecule is COc1cc(C(=O)N2CCC(c3cncnc3)=CC2CO[Si](C)(C)C(C)(C)C)c(N)cc1OCc1ccccc1. The monoisotopic (exact) mass is 560 g/mol. The van der Waals surface area contributed by atoms with Crippen LogP contribution in [0.1, 0.15) is 48.7 Å². The van der Waals surface area contributed by atoms with Gasteiger partial charge >= 0.3 is 0 Å². The summed E-state index contributed by atoms with van der Waals surface area (Å²) in [6.45, 7) is 12.3. The molecule has 0 radical (unpaired) electrons. The summed E-state index contributed by atoms with van der Waals surface area (Å²) in [6.07, 6.45) is 7.91. The van der Waals surface area contributed by atoms with Gasteiger partial charge in [-0.3, -0.25) is 4.79 Å². The van der Waals surface area contributed by atoms with E-state index in [0.29, 0.717) is 48.9 Å². The number of nitrogen functional groups attached to an aromatic ring is 1. The van der Waals surface area contributed by atoms with Gasteiger partial charge in [-0.25, -0.2) is 9.97 Å². The van der Waals surface area contributed by atoms with Gasteiger partial charge in [-0.1, -0.05) is 57.2 Å². The van der Waals surface area contributed by atoms with Gasteiger partial charge in [-0.2, -0.15) is 0 Å². The number of benzene rings is 2. The highest BCUT2D eigenvalue weighted by atomic mass is 28.4. The Kier molecular flexibility index (Phi) is 8.95. The molecule has 8 nitrogen and oxygen atoms in total. The van der Waals surface area contributed by atoms with Crippen LogP contribution in [0.15, 0.2) is 67.3 Å². The fourth-order valence-electron chi connectivity index (χ4n) is 4.34. The molecule has 0 bridgehead atoms. The number of methoxy groups -OCH3 is 1. The van der Waals surface area contributed by atoms with E-state index in [9.17, 15) is 4.79 Å². The van der Waals surface area contributed by atoms with Crippen molar-refractivity contribution in [3.63, 3.8) is 0 Å². The molecule has 0 fully saturated rings. The Labute approximate surface area is 238 Å². The third-order valence-electron chi connectivity index (χ3n) is 7.83. The normalized spacial score (nSPS) is 15.9. The van der Waals surface area contributed by atoms with Gasteiger partial charge in [0.1, 0.15) is 12.9 Å². The molecule has 212 valence electrons. The average molecular weight is 561 g/mol. The number of ether oxygens (including phenoxy) is 2. The fourth-order valence-corrected chi connectivity index (χ4v) is 5.36. The second kappa shape index (κ2) is 12.2. The zero-order valence-corrected chi connectivity index (χ0v) is 25.3. The summed E-state index contributed by atoms with van der Waals surface area (Å²) >= 11 is 0. The van der Waals surface area contributed by atoms with Crippen LogP contribution >= 0.6 is 0 Å². The lowest BCUT2D eigenvalue weighted by atomic mass is 9.97. The summed E-state index contributed by atoms with van der Waals surface area (Å²) in [5.41, 5.74) is 10.2. The minimum atomic E-state index is -2.06. The first-order valence-electron chi connectivity index (χ1n) is 13.6. The van der Waals surface area contributed by atoms with Crippen LogP contribution in [0, 0.1) is 0 Å². The standard InChI is InChI=1S/C31H40N4O4Si/c1-31(2,3)40(5,6)39-20-25-14-23(24-17-33-21-34-18-24)12-13-35(25)30(36)26-15-28(37-4)29(16-27(26)32)38-19-22-10-8-7-9-11-22/h7-11,14-18,21,25H,12-13,19-20,32H2,1-6H3. The minimum Gasteiger partial charge on any atom is -0.493 e. The van der Waals surface area contributed by atoms with Crippen molar-refractivity contribution in [2.45, 2.75) is 58.0 Å². The van der Waals surface area contributed by atoms with Crippen LogP contribution in [0.4, 0.5) is 5.69 Å². The molecule has 1 aromatic heterocycles. The zero-order valence-electron chi connectivity index (χ0n) is 24.3. The molecule has 40 heavy (non-hydrogen) atoms. The van der Waals surface area contributed by atoms with Crippen molar-refractivity contribution in [3.8, 4) is 11.5 Å². The first kappa shape index (κ1) is 29.3. The van der Waals surface area contributed by atoms with Crippen LogP contribution in [0.5, 0.6) is 11.5 Å². The van der Waals surface area contributed by atoms with Crippen molar-refractivity contribution in [3.05, 3.63) is 84.0 Å². The number of anilines is 1. The first-order valence-corrected chi connectivity index (χ1v) is 16.5. The summed E-state index contributed by atoms with van der Waals surface area (Å²) in [5.74, 6) is 0.772. The second-order valence-corrected chi connectivity index (χ2v) is 16.4. The van der Waals surface area contributed by atoms with Crippen LogP contribution in [-0.2, 0) is 11.0 Å². The maximum Gasteiger partial charge on any atom is 0.256 e. The highest BCUT2D eigenvalue weighted by Gasteiger charge is 2.39. The summed E-state index contributed by atoms with van der Waals surface area (Å²) in [4.78, 5) is 24.2. The van der Waals surface area contributed by atoms with E-state index in [0.717, 1.165) is 16.7 Å². The number of hydrogen-bond acceptors (Lipinski definition) is 7. The molecule has 1 unspecified atom stereocenters. The Bertz CT molecular complexity index is 1340. The van der Waals surface area contributed by atoms with Gasteiger partial charge in [-0.15, -0.1) is 0 Å². The molecule has 1 aliphatic heterocycles. The smallest absolute Gasteiger partial charge is 0.256 e. The summed E-state index contributed by atoms with van der Waals surface area (Å²) < 4.78 is 18.2. The zero-order chi connectivity index (χ0) is 28.9. The Balaban J connectivity index is 1.61. The Hall–Kier alpha value is -3.69. The van der Waals surface area contributed by atoms with Crippen LogP contribution in [0.3, 0.4) is 0 Å². The number of aromatic nitrogens is 2. The third kappa shape index (κ3) is 6.71. The lowest BCUT2D eigenvalue weighted by Crippen LogP contribution is -2.49. The summed E-state index contributed by atoms with van der Waals surface area (Å²) in [5, 5.41) is 0.0453. The maximum atomic E-state index is 14.0. The second-order valence-electron chi connectivity index (χ2n) is 11.6. The van der Waals surface area contributed by atoms with E-state index in [1.807, 2.05) is 35.2 Å². The molecule has 2 aromatic carbocycles. The van der Waals surface area contributed by atoms with E-state index in [2.05, 4.69) is 49.9 Å². The van der Waals surface area contributed by atoms with Gasteiger partial charge in [0, 0.05) is 36.3 Å². The first-order chi connectivity index (χ1) is 19.0. The molecule has 2 heterocycles. The lowest BCUT2D eigenvalue weighted by Gasteiger charge is -2.40. The van der Waals surface area contributed by atoms with Crippen molar-refractivity contribution in [1.82, 2.24) is 14.9 Å². The quantitative estimate of drug-likeness (QED) is 0.254. The van der Waals surface area contributed by atoms with Crippen molar-refractivity contribution >= 4 is 25.5 Å². The number of hydrogen-bond donors (Lipinski definition) is 1. The van der Waals surface area contributed by atoms with Gasteiger partial charge in [0.05, 0.1) is 25.3 Å². The van der Waals surface area contributed by atoms with Crippen LogP contribution in [-0.4, -0.2) is 55.4 Å². The summed E-state index contributed by atoms with van der Waals surface area (Å²) in [6, 6.07) is 12.9. The molecule has 4 rings (SSSR count). The fraction of sp³-hybridized carbons (Fsp3) is 0.387. The van der Waals surface area contributed by atoms with Gasteiger partial charge < -0.3 is 24.5 Å². The molecule has 0 aliphatic carbocycles. The molecule has 1 amide bonds. The Morgan fingerprint density at radius 3 is 2.45 bits per heavy atom. The molecule has 0 saturated carbocycles. The molecule has 1 aliphatic rings. The average Bonchev–Trinajstić information content (AvgIpc) is 2.95. The highest BCUT2D eigenvalue weighted by molar-refractivity contribution is 6.74. The highest BCUT2D eigenvalue weighted by Crippen LogP contribution is 2.38. The van der Waals surface area contributed by atoms with E-state index in [4.69, 9.17) is 19.6 Å². The molecule has 0 saturated heterocycles. The summed E-state index contributed by atoms with van der Waals surface area (Å²) in [7, 11) is -0.499. The molecule has 9 heteroatoms. The van der Waals surface area contributed by atoms with E-state index < -0.39 is 8.32 Å². The third-order valence-corrected chi connectivity index (χ3v) is 12.3. The molecular formula is C31H40N4O4Si. The van der Waals surface area contributed by atoms with Gasteiger partial charge in [0.25, 0.3) is 5.91 Å². The molecule has 1 atom stereocenters. The lowest BCUT2D eigenvalue weighted by molar-refractivity contribution is 0.0655. The number of nitrogens with two attached hydrogens (primary N) is 1. The van der Waals surface area contributed by atoms with E-state index in [-0.39, 0.29) is 17.0 Å². The van der Waals surface area contributed by atoms with Gasteiger partial charge in [-0.05, 0) is 41.8 Å². The number of carbonyl (C=O) groups excluding carboxylic acids is 1. The van der Waals surface area contributed by atoms with E-state index in [1.54, 1.807) is 31.6 Å². The molecular weight excluding hydrogens is 520 g/mol.